The van der Waals surface area contributed by atoms with Gasteiger partial charge in [0.15, 0.2) is 5.54 Å². The molecule has 3 rings (SSSR count). The summed E-state index contributed by atoms with van der Waals surface area (Å²) in [6, 6.07) is 5.76. The summed E-state index contributed by atoms with van der Waals surface area (Å²) >= 11 is 0. The minimum Gasteiger partial charge on any atom is -0.357 e. The van der Waals surface area contributed by atoms with Crippen LogP contribution >= 0.6 is 0 Å². The Morgan fingerprint density at radius 1 is 1.29 bits per heavy atom. The lowest BCUT2D eigenvalue weighted by atomic mass is 9.90. The van der Waals surface area contributed by atoms with Crippen LogP contribution in [-0.2, 0) is 10.3 Å². The van der Waals surface area contributed by atoms with Gasteiger partial charge in [0, 0.05) is 26.0 Å². The molecule has 2 aromatic rings. The largest absolute Gasteiger partial charge is 0.357 e. The topological polar surface area (TPSA) is 75.2 Å². The molecule has 6 nitrogen and oxygen atoms in total. The fourth-order valence-electron chi connectivity index (χ4n) is 3.21. The number of likely N-dealkylation sites (tertiary alicyclic amines) is 1. The number of likely N-dealkylation sites (N-methyl/N-ethyl adjacent to an activating group) is 1. The van der Waals surface area contributed by atoms with Gasteiger partial charge in [-0.1, -0.05) is 12.1 Å². The number of nitrogens with zero attached hydrogens (tertiary/aromatic N) is 3. The minimum absolute atomic E-state index is 0.0587. The molecule has 1 N–H and O–H groups in total. The maximum absolute atomic E-state index is 14.1. The average molecular weight is 328 g/mol. The normalized spacial score (nSPS) is 20.0. The van der Waals surface area contributed by atoms with Crippen LogP contribution in [0.3, 0.4) is 0 Å². The van der Waals surface area contributed by atoms with Gasteiger partial charge in [-0.25, -0.2) is 4.39 Å². The van der Waals surface area contributed by atoms with E-state index in [9.17, 15) is 14.0 Å². The van der Waals surface area contributed by atoms with Crippen molar-refractivity contribution < 1.29 is 14.0 Å². The van der Waals surface area contributed by atoms with Crippen LogP contribution in [0.1, 0.15) is 28.9 Å². The highest BCUT2D eigenvalue weighted by Gasteiger charge is 2.52. The van der Waals surface area contributed by atoms with Gasteiger partial charge in [0.1, 0.15) is 5.82 Å². The highest BCUT2D eigenvalue weighted by molar-refractivity contribution is 6.00. The van der Waals surface area contributed by atoms with E-state index >= 15 is 0 Å². The second kappa shape index (κ2) is 6.35. The monoisotopic (exact) mass is 328 g/mol. The molecule has 24 heavy (non-hydrogen) atoms. The molecule has 1 aromatic heterocycles. The number of carbonyl (C=O) groups is 2. The first-order valence-electron chi connectivity index (χ1n) is 7.66. The lowest BCUT2D eigenvalue weighted by Gasteiger charge is -2.36. The summed E-state index contributed by atoms with van der Waals surface area (Å²) in [5.41, 5.74) is -0.953. The van der Waals surface area contributed by atoms with Gasteiger partial charge in [-0.15, -0.1) is 0 Å². The molecule has 1 aliphatic heterocycles. The fraction of sp³-hybridized carbons (Fsp3) is 0.294. The molecule has 0 bridgehead atoms. The van der Waals surface area contributed by atoms with E-state index in [1.165, 1.54) is 48.7 Å². The van der Waals surface area contributed by atoms with Crippen molar-refractivity contribution in [3.8, 4) is 0 Å². The first kappa shape index (κ1) is 16.0. The Kier molecular flexibility index (Phi) is 4.24. The highest BCUT2D eigenvalue weighted by atomic mass is 19.1. The van der Waals surface area contributed by atoms with Gasteiger partial charge < -0.3 is 10.2 Å². The van der Waals surface area contributed by atoms with E-state index in [0.29, 0.717) is 25.1 Å². The van der Waals surface area contributed by atoms with E-state index in [1.807, 2.05) is 0 Å². The van der Waals surface area contributed by atoms with Crippen molar-refractivity contribution in [2.24, 2.45) is 0 Å². The third-order valence-electron chi connectivity index (χ3n) is 4.32. The van der Waals surface area contributed by atoms with Gasteiger partial charge in [0.2, 0.25) is 0 Å². The summed E-state index contributed by atoms with van der Waals surface area (Å²) in [5.74, 6) is -1.50. The van der Waals surface area contributed by atoms with Crippen molar-refractivity contribution in [3.05, 3.63) is 59.9 Å². The summed E-state index contributed by atoms with van der Waals surface area (Å²) in [6.45, 7) is 0.344. The summed E-state index contributed by atoms with van der Waals surface area (Å²) < 4.78 is 14.1. The van der Waals surface area contributed by atoms with Crippen LogP contribution < -0.4 is 5.32 Å². The molecular formula is C17H17FN4O2. The Hall–Kier alpha value is -2.83. The van der Waals surface area contributed by atoms with Gasteiger partial charge in [-0.05, 0) is 25.0 Å². The maximum atomic E-state index is 14.1. The third kappa shape index (κ3) is 2.42. The minimum atomic E-state index is -1.28. The van der Waals surface area contributed by atoms with Crippen LogP contribution in [0, 0.1) is 5.82 Å². The first-order chi connectivity index (χ1) is 11.6. The molecule has 0 saturated carbocycles. The van der Waals surface area contributed by atoms with Gasteiger partial charge in [-0.3, -0.25) is 19.6 Å². The molecule has 1 aliphatic rings. The van der Waals surface area contributed by atoms with Crippen molar-refractivity contribution in [1.29, 1.82) is 0 Å². The van der Waals surface area contributed by atoms with Crippen LogP contribution in [0.15, 0.2) is 42.9 Å². The number of amides is 2. The Bertz CT molecular complexity index is 768. The number of halogens is 1. The summed E-state index contributed by atoms with van der Waals surface area (Å²) in [7, 11) is 1.50. The zero-order valence-corrected chi connectivity index (χ0v) is 13.2. The molecule has 1 fully saturated rings. The summed E-state index contributed by atoms with van der Waals surface area (Å²) in [4.78, 5) is 35.3. The Morgan fingerprint density at radius 3 is 2.75 bits per heavy atom. The molecule has 0 radical (unpaired) electrons. The molecule has 0 aliphatic carbocycles. The molecule has 7 heteroatoms. The van der Waals surface area contributed by atoms with Crippen molar-refractivity contribution in [1.82, 2.24) is 20.2 Å². The Labute approximate surface area is 138 Å². The Balaban J connectivity index is 2.10. The standard InChI is InChI=1S/C17H17FN4O2/c1-19-16(24)17(14-11-20-8-9-21-14)7-4-10-22(17)15(23)12-5-2-3-6-13(12)18/h2-3,5-6,8-9,11H,4,7,10H2,1H3,(H,19,24)/t17-/m1/s1. The Morgan fingerprint density at radius 2 is 2.08 bits per heavy atom. The smallest absolute Gasteiger partial charge is 0.258 e. The predicted molar refractivity (Wildman–Crippen MR) is 84.4 cm³/mol. The van der Waals surface area contributed by atoms with Gasteiger partial charge in [-0.2, -0.15) is 0 Å². The quantitative estimate of drug-likeness (QED) is 0.926. The fourth-order valence-corrected chi connectivity index (χ4v) is 3.21. The van der Waals surface area contributed by atoms with Crippen LogP contribution in [0.5, 0.6) is 0 Å². The second-order valence-corrected chi connectivity index (χ2v) is 5.57. The zero-order chi connectivity index (χ0) is 17.2. The van der Waals surface area contributed by atoms with Gasteiger partial charge >= 0.3 is 0 Å². The lowest BCUT2D eigenvalue weighted by Crippen LogP contribution is -2.55. The molecule has 1 atom stereocenters. The summed E-state index contributed by atoms with van der Waals surface area (Å²) in [6.07, 6.45) is 5.47. The first-order valence-corrected chi connectivity index (χ1v) is 7.66. The zero-order valence-electron chi connectivity index (χ0n) is 13.2. The second-order valence-electron chi connectivity index (χ2n) is 5.57. The number of aromatic nitrogens is 2. The number of rotatable bonds is 3. The van der Waals surface area contributed by atoms with E-state index in [1.54, 1.807) is 6.07 Å². The predicted octanol–water partition coefficient (Wildman–Crippen LogP) is 1.49. The lowest BCUT2D eigenvalue weighted by molar-refractivity contribution is -0.131. The van der Waals surface area contributed by atoms with E-state index < -0.39 is 17.3 Å². The third-order valence-corrected chi connectivity index (χ3v) is 4.32. The molecular weight excluding hydrogens is 311 g/mol. The van der Waals surface area contributed by atoms with Crippen molar-refractivity contribution in [2.75, 3.05) is 13.6 Å². The average Bonchev–Trinajstić information content (AvgIpc) is 3.07. The number of hydrogen-bond donors (Lipinski definition) is 1. The van der Waals surface area contributed by atoms with Crippen LogP contribution in [0.4, 0.5) is 4.39 Å². The molecule has 0 unspecified atom stereocenters. The van der Waals surface area contributed by atoms with Crippen LogP contribution in [0.2, 0.25) is 0 Å². The maximum Gasteiger partial charge on any atom is 0.258 e. The number of nitrogens with one attached hydrogen (secondary N) is 1. The van der Waals surface area contributed by atoms with E-state index in [0.717, 1.165) is 0 Å². The van der Waals surface area contributed by atoms with E-state index in [2.05, 4.69) is 15.3 Å². The van der Waals surface area contributed by atoms with E-state index in [-0.39, 0.29) is 11.5 Å². The SMILES string of the molecule is CNC(=O)[C@]1(c2cnccn2)CCCN1C(=O)c1ccccc1F. The van der Waals surface area contributed by atoms with Gasteiger partial charge in [0.05, 0.1) is 17.5 Å². The van der Waals surface area contributed by atoms with Crippen molar-refractivity contribution in [2.45, 2.75) is 18.4 Å². The molecule has 0 spiro atoms. The molecule has 2 amide bonds. The highest BCUT2D eigenvalue weighted by Crippen LogP contribution is 2.39. The van der Waals surface area contributed by atoms with Crippen molar-refractivity contribution in [3.63, 3.8) is 0 Å². The molecule has 1 aromatic carbocycles. The molecule has 2 heterocycles. The number of hydrogen-bond acceptors (Lipinski definition) is 4. The van der Waals surface area contributed by atoms with E-state index in [4.69, 9.17) is 0 Å². The van der Waals surface area contributed by atoms with Crippen LogP contribution in [-0.4, -0.2) is 40.3 Å². The van der Waals surface area contributed by atoms with Crippen LogP contribution in [0.25, 0.3) is 0 Å². The number of benzene rings is 1. The summed E-state index contributed by atoms with van der Waals surface area (Å²) in [5, 5.41) is 2.60. The number of carbonyl (C=O) groups excluding carboxylic acids is 2. The molecule has 124 valence electrons. The molecule has 1 saturated heterocycles. The van der Waals surface area contributed by atoms with Gasteiger partial charge in [0.25, 0.3) is 11.8 Å². The van der Waals surface area contributed by atoms with Crippen molar-refractivity contribution >= 4 is 11.8 Å².